The van der Waals surface area contributed by atoms with Gasteiger partial charge in [-0.1, -0.05) is 6.07 Å². The second kappa shape index (κ2) is 7.25. The van der Waals surface area contributed by atoms with Gasteiger partial charge in [-0.05, 0) is 30.3 Å². The van der Waals surface area contributed by atoms with Gasteiger partial charge < -0.3 is 14.8 Å². The van der Waals surface area contributed by atoms with Gasteiger partial charge in [0.05, 0.1) is 12.8 Å². The number of fused-ring (bicyclic) bond motifs is 3. The summed E-state index contributed by atoms with van der Waals surface area (Å²) in [6.07, 6.45) is 3.08. The summed E-state index contributed by atoms with van der Waals surface area (Å²) in [5.74, 6) is -0.379. The summed E-state index contributed by atoms with van der Waals surface area (Å²) < 4.78 is 39.0. The van der Waals surface area contributed by atoms with E-state index in [0.29, 0.717) is 17.4 Å². The third-order valence-corrected chi connectivity index (χ3v) is 5.15. The van der Waals surface area contributed by atoms with Gasteiger partial charge in [-0.25, -0.2) is 23.5 Å². The number of pyridine rings is 2. The number of urea groups is 1. The first-order chi connectivity index (χ1) is 14.6. The Kier molecular flexibility index (Phi) is 4.42. The van der Waals surface area contributed by atoms with E-state index in [9.17, 15) is 13.6 Å². The van der Waals surface area contributed by atoms with E-state index in [2.05, 4.69) is 20.6 Å². The highest BCUT2D eigenvalue weighted by molar-refractivity contribution is 5.89. The molecule has 7 nitrogen and oxygen atoms in total. The van der Waals surface area contributed by atoms with Gasteiger partial charge in [-0.15, -0.1) is 0 Å². The van der Waals surface area contributed by atoms with Crippen LogP contribution in [0.4, 0.5) is 19.4 Å². The van der Waals surface area contributed by atoms with Crippen LogP contribution >= 0.6 is 0 Å². The quantitative estimate of drug-likeness (QED) is 0.683. The van der Waals surface area contributed by atoms with Gasteiger partial charge in [-0.2, -0.15) is 0 Å². The number of hydrogen-bond acceptors (Lipinski definition) is 5. The molecule has 0 saturated heterocycles. The zero-order valence-electron chi connectivity index (χ0n) is 15.5. The van der Waals surface area contributed by atoms with Crippen molar-refractivity contribution in [3.8, 4) is 17.4 Å². The number of benzene rings is 1. The molecule has 1 aliphatic heterocycles. The van der Waals surface area contributed by atoms with Gasteiger partial charge in [0, 0.05) is 35.7 Å². The normalized spacial score (nSPS) is 20.9. The second-order valence-corrected chi connectivity index (χ2v) is 7.05. The van der Waals surface area contributed by atoms with Crippen molar-refractivity contribution in [2.24, 2.45) is 5.92 Å². The van der Waals surface area contributed by atoms with Crippen molar-refractivity contribution in [1.29, 1.82) is 0 Å². The Morgan fingerprint density at radius 1 is 1.10 bits per heavy atom. The number of halogens is 2. The highest BCUT2D eigenvalue weighted by Gasteiger charge is 2.57. The number of ether oxygens (including phenoxy) is 2. The molecule has 30 heavy (non-hydrogen) atoms. The standard InChI is InChI=1S/C21H16F2N4O3/c22-13-5-6-14(23)20-18(13)17-12(10-29-20)19(17)27-21(28)26-15-7-4-11(9-25-15)30-16-3-1-2-8-24-16/h1-9,12,17,19H,10H2,(H2,25,26,27,28)/t12-,17+,19-/m1/s1. The predicted molar refractivity (Wildman–Crippen MR) is 103 cm³/mol. The fraction of sp³-hybridized carbons (Fsp3) is 0.190. The first-order valence-electron chi connectivity index (χ1n) is 9.33. The summed E-state index contributed by atoms with van der Waals surface area (Å²) in [6, 6.07) is 9.82. The zero-order chi connectivity index (χ0) is 20.7. The fourth-order valence-corrected chi connectivity index (χ4v) is 3.70. The molecule has 3 atom stereocenters. The molecular formula is C21H16F2N4O3. The number of hydrogen-bond donors (Lipinski definition) is 2. The minimum Gasteiger partial charge on any atom is -0.490 e. The number of carbonyl (C=O) groups excluding carboxylic acids is 1. The fourth-order valence-electron chi connectivity index (χ4n) is 3.70. The molecule has 1 saturated carbocycles. The maximum absolute atomic E-state index is 14.2. The highest BCUT2D eigenvalue weighted by atomic mass is 19.1. The molecule has 3 aromatic rings. The molecule has 2 aliphatic rings. The van der Waals surface area contributed by atoms with Gasteiger partial charge in [0.1, 0.15) is 17.4 Å². The summed E-state index contributed by atoms with van der Waals surface area (Å²) in [6.45, 7) is 0.223. The number of aromatic nitrogens is 2. The molecule has 0 spiro atoms. The predicted octanol–water partition coefficient (Wildman–Crippen LogP) is 3.84. The summed E-state index contributed by atoms with van der Waals surface area (Å²) in [5.41, 5.74) is 0.186. The molecule has 5 rings (SSSR count). The number of nitrogens with zero attached hydrogens (tertiary/aromatic N) is 2. The van der Waals surface area contributed by atoms with Crippen LogP contribution in [-0.2, 0) is 0 Å². The molecule has 2 amide bonds. The number of carbonyl (C=O) groups is 1. The molecular weight excluding hydrogens is 394 g/mol. The van der Waals surface area contributed by atoms with Crippen LogP contribution in [0.5, 0.6) is 17.4 Å². The number of amides is 2. The molecule has 2 aromatic heterocycles. The lowest BCUT2D eigenvalue weighted by molar-refractivity contribution is 0.247. The lowest BCUT2D eigenvalue weighted by Crippen LogP contribution is -2.32. The molecule has 0 radical (unpaired) electrons. The first-order valence-corrected chi connectivity index (χ1v) is 9.33. The van der Waals surface area contributed by atoms with Crippen molar-refractivity contribution in [1.82, 2.24) is 15.3 Å². The molecule has 9 heteroatoms. The van der Waals surface area contributed by atoms with Crippen molar-refractivity contribution in [2.75, 3.05) is 11.9 Å². The highest BCUT2D eigenvalue weighted by Crippen LogP contribution is 2.55. The van der Waals surface area contributed by atoms with Crippen LogP contribution in [0.15, 0.2) is 54.9 Å². The third kappa shape index (κ3) is 3.38. The molecule has 1 fully saturated rings. The third-order valence-electron chi connectivity index (χ3n) is 5.15. The van der Waals surface area contributed by atoms with Gasteiger partial charge in [0.15, 0.2) is 11.6 Å². The second-order valence-electron chi connectivity index (χ2n) is 7.05. The number of rotatable bonds is 4. The van der Waals surface area contributed by atoms with E-state index in [1.165, 1.54) is 6.20 Å². The number of anilines is 1. The van der Waals surface area contributed by atoms with Gasteiger partial charge in [0.25, 0.3) is 0 Å². The SMILES string of the molecule is O=C(Nc1ccc(Oc2ccccn2)cn1)N[C@@H]1[C@@H]2COc3c(F)ccc(F)c3[C@H]21. The summed E-state index contributed by atoms with van der Waals surface area (Å²) in [5, 5.41) is 5.41. The van der Waals surface area contributed by atoms with Gasteiger partial charge >= 0.3 is 6.03 Å². The topological polar surface area (TPSA) is 85.4 Å². The molecule has 152 valence electrons. The maximum Gasteiger partial charge on any atom is 0.320 e. The van der Waals surface area contributed by atoms with Crippen LogP contribution in [0.1, 0.15) is 11.5 Å². The minimum atomic E-state index is -0.600. The van der Waals surface area contributed by atoms with Crippen molar-refractivity contribution in [3.05, 3.63) is 72.1 Å². The Morgan fingerprint density at radius 2 is 1.97 bits per heavy atom. The Morgan fingerprint density at radius 3 is 2.73 bits per heavy atom. The summed E-state index contributed by atoms with van der Waals surface area (Å²) in [7, 11) is 0. The zero-order valence-corrected chi connectivity index (χ0v) is 15.5. The average Bonchev–Trinajstić information content (AvgIpc) is 3.45. The van der Waals surface area contributed by atoms with Crippen LogP contribution in [-0.4, -0.2) is 28.6 Å². The Labute approximate surface area is 170 Å². The van der Waals surface area contributed by atoms with E-state index in [1.54, 1.807) is 36.5 Å². The molecule has 2 N–H and O–H groups in total. The lowest BCUT2D eigenvalue weighted by atomic mass is 10.0. The van der Waals surface area contributed by atoms with E-state index in [0.717, 1.165) is 12.1 Å². The molecule has 0 unspecified atom stereocenters. The van der Waals surface area contributed by atoms with Crippen molar-refractivity contribution >= 4 is 11.8 Å². The van der Waals surface area contributed by atoms with E-state index < -0.39 is 17.7 Å². The van der Waals surface area contributed by atoms with Crippen molar-refractivity contribution in [2.45, 2.75) is 12.0 Å². The average molecular weight is 410 g/mol. The number of nitrogens with one attached hydrogen (secondary N) is 2. The van der Waals surface area contributed by atoms with Crippen LogP contribution in [0.25, 0.3) is 0 Å². The summed E-state index contributed by atoms with van der Waals surface area (Å²) >= 11 is 0. The minimum absolute atomic E-state index is 0.0638. The van der Waals surface area contributed by atoms with Crippen molar-refractivity contribution < 1.29 is 23.0 Å². The lowest BCUT2D eigenvalue weighted by Gasteiger charge is -2.16. The molecule has 1 aliphatic carbocycles. The van der Waals surface area contributed by atoms with Crippen LogP contribution in [0, 0.1) is 17.6 Å². The van der Waals surface area contributed by atoms with Crippen LogP contribution in [0.3, 0.4) is 0 Å². The Bertz CT molecular complexity index is 1100. The smallest absolute Gasteiger partial charge is 0.320 e. The van der Waals surface area contributed by atoms with Crippen LogP contribution in [0.2, 0.25) is 0 Å². The van der Waals surface area contributed by atoms with E-state index in [1.807, 2.05) is 0 Å². The molecule has 0 bridgehead atoms. The first kappa shape index (κ1) is 18.3. The van der Waals surface area contributed by atoms with Crippen molar-refractivity contribution in [3.63, 3.8) is 0 Å². The van der Waals surface area contributed by atoms with E-state index >= 15 is 0 Å². The molecule has 3 heterocycles. The monoisotopic (exact) mass is 410 g/mol. The maximum atomic E-state index is 14.2. The van der Waals surface area contributed by atoms with E-state index in [-0.39, 0.29) is 35.8 Å². The Balaban J connectivity index is 1.21. The van der Waals surface area contributed by atoms with Gasteiger partial charge in [-0.3, -0.25) is 5.32 Å². The Hall–Kier alpha value is -3.75. The van der Waals surface area contributed by atoms with Crippen LogP contribution < -0.4 is 20.1 Å². The van der Waals surface area contributed by atoms with E-state index in [4.69, 9.17) is 9.47 Å². The summed E-state index contributed by atoms with van der Waals surface area (Å²) in [4.78, 5) is 20.5. The molecule has 1 aromatic carbocycles. The largest absolute Gasteiger partial charge is 0.490 e. The van der Waals surface area contributed by atoms with Gasteiger partial charge in [0.2, 0.25) is 5.88 Å².